The van der Waals surface area contributed by atoms with Crippen LogP contribution in [0.25, 0.3) is 0 Å². The van der Waals surface area contributed by atoms with Gasteiger partial charge in [-0.2, -0.15) is 0 Å². The highest BCUT2D eigenvalue weighted by molar-refractivity contribution is 7.09. The topological polar surface area (TPSA) is 44.8 Å². The number of hydrogen-bond acceptors (Lipinski definition) is 4. The zero-order valence-electron chi connectivity index (χ0n) is 16.0. The van der Waals surface area contributed by atoms with Crippen molar-refractivity contribution in [3.8, 4) is 5.75 Å². The highest BCUT2D eigenvalue weighted by atomic mass is 32.1. The van der Waals surface area contributed by atoms with Gasteiger partial charge in [0.2, 0.25) is 0 Å². The largest absolute Gasteiger partial charge is 0.492 e. The lowest BCUT2D eigenvalue weighted by atomic mass is 9.98. The second-order valence-corrected chi connectivity index (χ2v) is 8.12. The van der Waals surface area contributed by atoms with Crippen molar-refractivity contribution in [2.45, 2.75) is 19.4 Å². The molecule has 1 saturated heterocycles. The summed E-state index contributed by atoms with van der Waals surface area (Å²) in [7, 11) is 1.81. The van der Waals surface area contributed by atoms with Gasteiger partial charge in [-0.3, -0.25) is 4.90 Å². The highest BCUT2D eigenvalue weighted by Crippen LogP contribution is 2.20. The lowest BCUT2D eigenvalue weighted by Crippen LogP contribution is -2.44. The molecule has 27 heavy (non-hydrogen) atoms. The number of benzene rings is 1. The number of carbonyl (C=O) groups excluding carboxylic acids is 1. The van der Waals surface area contributed by atoms with Crippen LogP contribution in [-0.2, 0) is 6.54 Å². The molecule has 1 aliphatic rings. The molecule has 0 aliphatic carbocycles. The number of amides is 2. The average molecular weight is 388 g/mol. The minimum atomic E-state index is -0.0259. The number of nitrogens with one attached hydrogen (secondary N) is 1. The van der Waals surface area contributed by atoms with E-state index in [9.17, 15) is 4.79 Å². The van der Waals surface area contributed by atoms with Gasteiger partial charge in [-0.05, 0) is 48.9 Å². The predicted octanol–water partition coefficient (Wildman–Crippen LogP) is 3.68. The maximum absolute atomic E-state index is 12.3. The second-order valence-electron chi connectivity index (χ2n) is 7.09. The van der Waals surface area contributed by atoms with Crippen LogP contribution in [0.4, 0.5) is 4.79 Å². The van der Waals surface area contributed by atoms with Gasteiger partial charge in [0.1, 0.15) is 12.4 Å². The van der Waals surface area contributed by atoms with Crippen LogP contribution in [0, 0.1) is 5.92 Å². The van der Waals surface area contributed by atoms with Gasteiger partial charge >= 0.3 is 6.03 Å². The number of carbonyl (C=O) groups is 1. The van der Waals surface area contributed by atoms with Crippen LogP contribution in [0.1, 0.15) is 17.7 Å². The zero-order valence-corrected chi connectivity index (χ0v) is 16.8. The number of nitrogens with zero attached hydrogens (tertiary/aromatic N) is 2. The molecule has 0 bridgehead atoms. The summed E-state index contributed by atoms with van der Waals surface area (Å²) < 4.78 is 5.66. The fraction of sp³-hybridized carbons (Fsp3) is 0.476. The normalized spacial score (nSPS) is 17.4. The van der Waals surface area contributed by atoms with Crippen LogP contribution in [-0.4, -0.2) is 55.7 Å². The van der Waals surface area contributed by atoms with Crippen molar-refractivity contribution in [1.82, 2.24) is 15.1 Å². The molecule has 1 N–H and O–H groups in total. The number of piperidine rings is 1. The molecule has 5 nitrogen and oxygen atoms in total. The third-order valence-corrected chi connectivity index (χ3v) is 5.75. The molecular formula is C21H29N3O2S. The first-order chi connectivity index (χ1) is 13.2. The van der Waals surface area contributed by atoms with Gasteiger partial charge in [0, 0.05) is 31.6 Å². The van der Waals surface area contributed by atoms with Crippen molar-refractivity contribution < 1.29 is 9.53 Å². The SMILES string of the molecule is CN(CCOc1ccccc1)C(=O)NCC1CCCN(Cc2cccs2)C1. The fourth-order valence-corrected chi connectivity index (χ4v) is 4.12. The average Bonchev–Trinajstić information content (AvgIpc) is 3.20. The van der Waals surface area contributed by atoms with Crippen molar-refractivity contribution in [3.05, 3.63) is 52.7 Å². The predicted molar refractivity (Wildman–Crippen MR) is 110 cm³/mol. The summed E-state index contributed by atoms with van der Waals surface area (Å²) in [6.45, 7) is 5.03. The van der Waals surface area contributed by atoms with E-state index < -0.39 is 0 Å². The minimum Gasteiger partial charge on any atom is -0.492 e. The smallest absolute Gasteiger partial charge is 0.317 e. The molecule has 3 rings (SSSR count). The van der Waals surface area contributed by atoms with E-state index in [1.54, 1.807) is 4.90 Å². The Bertz CT molecular complexity index is 678. The van der Waals surface area contributed by atoms with Crippen molar-refractivity contribution >= 4 is 17.4 Å². The van der Waals surface area contributed by atoms with Crippen LogP contribution in [0.2, 0.25) is 0 Å². The van der Waals surface area contributed by atoms with E-state index in [0.717, 1.165) is 31.9 Å². The summed E-state index contributed by atoms with van der Waals surface area (Å²) in [5, 5.41) is 5.22. The Morgan fingerprint density at radius 1 is 1.30 bits per heavy atom. The third-order valence-electron chi connectivity index (χ3n) is 4.89. The lowest BCUT2D eigenvalue weighted by Gasteiger charge is -2.32. The Labute approximate surface area is 165 Å². The van der Waals surface area contributed by atoms with E-state index in [1.807, 2.05) is 48.7 Å². The van der Waals surface area contributed by atoms with E-state index in [4.69, 9.17) is 4.74 Å². The molecule has 0 spiro atoms. The molecule has 2 heterocycles. The quantitative estimate of drug-likeness (QED) is 0.751. The van der Waals surface area contributed by atoms with Crippen LogP contribution in [0.5, 0.6) is 5.75 Å². The molecular weight excluding hydrogens is 358 g/mol. The van der Waals surface area contributed by atoms with E-state index in [1.165, 1.54) is 17.7 Å². The van der Waals surface area contributed by atoms with Gasteiger partial charge in [0.05, 0.1) is 6.54 Å². The van der Waals surface area contributed by atoms with E-state index in [2.05, 4.69) is 27.7 Å². The minimum absolute atomic E-state index is 0.0259. The first-order valence-electron chi connectivity index (χ1n) is 9.62. The molecule has 1 unspecified atom stereocenters. The number of likely N-dealkylation sites (tertiary alicyclic amines) is 1. The summed E-state index contributed by atoms with van der Waals surface area (Å²) in [5.41, 5.74) is 0. The van der Waals surface area contributed by atoms with E-state index in [-0.39, 0.29) is 6.03 Å². The molecule has 1 fully saturated rings. The Morgan fingerprint density at radius 2 is 2.15 bits per heavy atom. The molecule has 0 saturated carbocycles. The molecule has 2 aromatic rings. The summed E-state index contributed by atoms with van der Waals surface area (Å²) in [4.78, 5) is 17.9. The summed E-state index contributed by atoms with van der Waals surface area (Å²) in [6.07, 6.45) is 2.38. The Morgan fingerprint density at radius 3 is 2.93 bits per heavy atom. The van der Waals surface area contributed by atoms with Gasteiger partial charge in [-0.15, -0.1) is 11.3 Å². The van der Waals surface area contributed by atoms with Crippen molar-refractivity contribution in [1.29, 1.82) is 0 Å². The zero-order chi connectivity index (χ0) is 18.9. The molecule has 1 aromatic carbocycles. The van der Waals surface area contributed by atoms with E-state index in [0.29, 0.717) is 19.1 Å². The Kier molecular flexibility index (Phi) is 7.54. The van der Waals surface area contributed by atoms with Crippen LogP contribution < -0.4 is 10.1 Å². The first-order valence-corrected chi connectivity index (χ1v) is 10.5. The van der Waals surface area contributed by atoms with Gasteiger partial charge in [-0.25, -0.2) is 4.79 Å². The second kappa shape index (κ2) is 10.3. The molecule has 6 heteroatoms. The van der Waals surface area contributed by atoms with Crippen LogP contribution in [0.3, 0.4) is 0 Å². The monoisotopic (exact) mass is 387 g/mol. The summed E-state index contributed by atoms with van der Waals surface area (Å²) >= 11 is 1.82. The summed E-state index contributed by atoms with van der Waals surface area (Å²) in [6, 6.07) is 14.0. The maximum Gasteiger partial charge on any atom is 0.317 e. The lowest BCUT2D eigenvalue weighted by molar-refractivity contribution is 0.160. The fourth-order valence-electron chi connectivity index (χ4n) is 3.37. The molecule has 1 aromatic heterocycles. The molecule has 146 valence electrons. The highest BCUT2D eigenvalue weighted by Gasteiger charge is 2.21. The number of ether oxygens (including phenoxy) is 1. The van der Waals surface area contributed by atoms with Crippen LogP contribution >= 0.6 is 11.3 Å². The molecule has 1 atom stereocenters. The maximum atomic E-state index is 12.3. The number of thiophene rings is 1. The number of urea groups is 1. The molecule has 0 radical (unpaired) electrons. The Hall–Kier alpha value is -2.05. The number of rotatable bonds is 8. The van der Waals surface area contributed by atoms with Crippen molar-refractivity contribution in [2.75, 3.05) is 39.8 Å². The first kappa shape index (κ1) is 19.7. The number of para-hydroxylation sites is 1. The van der Waals surface area contributed by atoms with Gasteiger partial charge in [0.15, 0.2) is 0 Å². The Balaban J connectivity index is 1.34. The van der Waals surface area contributed by atoms with Crippen molar-refractivity contribution in [2.24, 2.45) is 5.92 Å². The third kappa shape index (κ3) is 6.56. The van der Waals surface area contributed by atoms with Gasteiger partial charge in [0.25, 0.3) is 0 Å². The number of likely N-dealkylation sites (N-methyl/N-ethyl adjacent to an activating group) is 1. The number of hydrogen-bond donors (Lipinski definition) is 1. The van der Waals surface area contributed by atoms with Gasteiger partial charge < -0.3 is 15.0 Å². The molecule has 1 aliphatic heterocycles. The van der Waals surface area contributed by atoms with E-state index >= 15 is 0 Å². The standard InChI is InChI=1S/C21H29N3O2S/c1-23(12-13-26-19-8-3-2-4-9-19)21(25)22-15-18-7-5-11-24(16-18)17-20-10-6-14-27-20/h2-4,6,8-10,14,18H,5,7,11-13,15-17H2,1H3,(H,22,25). The summed E-state index contributed by atoms with van der Waals surface area (Å²) in [5.74, 6) is 1.36. The molecule has 2 amide bonds. The van der Waals surface area contributed by atoms with Crippen LogP contribution in [0.15, 0.2) is 47.8 Å². The van der Waals surface area contributed by atoms with Gasteiger partial charge in [-0.1, -0.05) is 24.3 Å². The van der Waals surface area contributed by atoms with Crippen molar-refractivity contribution in [3.63, 3.8) is 0 Å².